The number of pyridine rings is 1. The number of fused-ring (bicyclic) bond motifs is 2. The molecule has 3 aromatic rings. The Morgan fingerprint density at radius 1 is 1.11 bits per heavy atom. The summed E-state index contributed by atoms with van der Waals surface area (Å²) in [6, 6.07) is 7.87. The van der Waals surface area contributed by atoms with Crippen molar-refractivity contribution in [3.63, 3.8) is 0 Å². The zero-order valence-corrected chi connectivity index (χ0v) is 14.7. The van der Waals surface area contributed by atoms with Crippen LogP contribution in [-0.4, -0.2) is 63.9 Å². The van der Waals surface area contributed by atoms with Crippen molar-refractivity contribution in [3.05, 3.63) is 47.9 Å². The molecule has 2 aromatic heterocycles. The second-order valence-electron chi connectivity index (χ2n) is 6.75. The second kappa shape index (κ2) is 6.55. The third-order valence-corrected chi connectivity index (χ3v) is 5.07. The Kier molecular flexibility index (Phi) is 3.90. The van der Waals surface area contributed by atoms with Gasteiger partial charge in [0.2, 0.25) is 6.79 Å². The third kappa shape index (κ3) is 2.97. The van der Waals surface area contributed by atoms with Crippen molar-refractivity contribution in [3.8, 4) is 11.5 Å². The van der Waals surface area contributed by atoms with E-state index in [1.165, 1.54) is 5.56 Å². The van der Waals surface area contributed by atoms with E-state index in [0.717, 1.165) is 42.0 Å². The minimum Gasteiger partial charge on any atom is -0.454 e. The number of rotatable bonds is 3. The van der Waals surface area contributed by atoms with Crippen molar-refractivity contribution in [1.82, 2.24) is 25.0 Å². The number of hydrogen-bond acceptors (Lipinski definition) is 6. The van der Waals surface area contributed by atoms with Crippen LogP contribution in [0.4, 0.5) is 0 Å². The number of benzene rings is 1. The predicted molar refractivity (Wildman–Crippen MR) is 97.6 cm³/mol. The molecule has 0 bridgehead atoms. The predicted octanol–water partition coefficient (Wildman–Crippen LogP) is 1.64. The van der Waals surface area contributed by atoms with Crippen LogP contribution in [0.3, 0.4) is 0 Å². The summed E-state index contributed by atoms with van der Waals surface area (Å²) in [6.07, 6.45) is 3.37. The SMILES string of the molecule is O=C(c1n[nH]c2ccncc12)N1CCN(Cc2ccc3c(c2)OCO3)CC1. The molecule has 1 N–H and O–H groups in total. The van der Waals surface area contributed by atoms with Gasteiger partial charge in [0.25, 0.3) is 5.91 Å². The standard InChI is InChI=1S/C19H19N5O3/c25-19(18-14-10-20-4-3-15(14)21-22-18)24-7-5-23(6-8-24)11-13-1-2-16-17(9-13)27-12-26-16/h1-4,9-10H,5-8,11-12H2,(H,21,22). The van der Waals surface area contributed by atoms with Crippen LogP contribution in [-0.2, 0) is 6.54 Å². The smallest absolute Gasteiger partial charge is 0.275 e. The van der Waals surface area contributed by atoms with E-state index in [1.54, 1.807) is 12.4 Å². The number of carbonyl (C=O) groups is 1. The van der Waals surface area contributed by atoms with Gasteiger partial charge in [0, 0.05) is 45.1 Å². The number of ether oxygens (including phenoxy) is 2. The molecule has 8 nitrogen and oxygen atoms in total. The molecule has 0 saturated carbocycles. The summed E-state index contributed by atoms with van der Waals surface area (Å²) < 4.78 is 10.8. The van der Waals surface area contributed by atoms with Crippen LogP contribution in [0, 0.1) is 0 Å². The highest BCUT2D eigenvalue weighted by atomic mass is 16.7. The fraction of sp³-hybridized carbons (Fsp3) is 0.316. The average molecular weight is 365 g/mol. The van der Waals surface area contributed by atoms with Crippen LogP contribution in [0.2, 0.25) is 0 Å². The van der Waals surface area contributed by atoms with E-state index in [1.807, 2.05) is 23.1 Å². The lowest BCUT2D eigenvalue weighted by atomic mass is 10.1. The first kappa shape index (κ1) is 16.1. The van der Waals surface area contributed by atoms with Gasteiger partial charge >= 0.3 is 0 Å². The molecule has 138 valence electrons. The van der Waals surface area contributed by atoms with Crippen LogP contribution in [0.25, 0.3) is 10.9 Å². The number of aromatic nitrogens is 3. The van der Waals surface area contributed by atoms with E-state index in [4.69, 9.17) is 9.47 Å². The monoisotopic (exact) mass is 365 g/mol. The first-order chi connectivity index (χ1) is 13.3. The molecule has 8 heteroatoms. The number of hydrogen-bond donors (Lipinski definition) is 1. The molecule has 0 unspecified atom stereocenters. The van der Waals surface area contributed by atoms with E-state index < -0.39 is 0 Å². The minimum absolute atomic E-state index is 0.0445. The van der Waals surface area contributed by atoms with Crippen LogP contribution in [0.15, 0.2) is 36.7 Å². The zero-order chi connectivity index (χ0) is 18.2. The number of piperazine rings is 1. The number of nitrogens with zero attached hydrogens (tertiary/aromatic N) is 4. The van der Waals surface area contributed by atoms with Gasteiger partial charge < -0.3 is 14.4 Å². The topological polar surface area (TPSA) is 83.6 Å². The number of amides is 1. The third-order valence-electron chi connectivity index (χ3n) is 5.07. The van der Waals surface area contributed by atoms with Gasteiger partial charge in [-0.1, -0.05) is 6.07 Å². The highest BCUT2D eigenvalue weighted by Gasteiger charge is 2.25. The lowest BCUT2D eigenvalue weighted by molar-refractivity contribution is 0.0624. The molecular weight excluding hydrogens is 346 g/mol. The van der Waals surface area contributed by atoms with E-state index in [0.29, 0.717) is 18.8 Å². The Bertz CT molecular complexity index is 994. The molecule has 27 heavy (non-hydrogen) atoms. The van der Waals surface area contributed by atoms with Gasteiger partial charge in [-0.25, -0.2) is 0 Å². The maximum atomic E-state index is 12.8. The van der Waals surface area contributed by atoms with Crippen molar-refractivity contribution in [2.75, 3.05) is 33.0 Å². The van der Waals surface area contributed by atoms with Crippen molar-refractivity contribution in [2.45, 2.75) is 6.54 Å². The quantitative estimate of drug-likeness (QED) is 0.760. The van der Waals surface area contributed by atoms with Gasteiger partial charge in [0.1, 0.15) is 0 Å². The molecule has 0 aliphatic carbocycles. The van der Waals surface area contributed by atoms with E-state index >= 15 is 0 Å². The lowest BCUT2D eigenvalue weighted by Crippen LogP contribution is -2.48. The molecule has 2 aliphatic heterocycles. The number of H-pyrrole nitrogens is 1. The zero-order valence-electron chi connectivity index (χ0n) is 14.7. The van der Waals surface area contributed by atoms with Crippen LogP contribution in [0.5, 0.6) is 11.5 Å². The Morgan fingerprint density at radius 2 is 1.96 bits per heavy atom. The summed E-state index contributed by atoms with van der Waals surface area (Å²) in [6.45, 7) is 4.11. The van der Waals surface area contributed by atoms with Crippen molar-refractivity contribution in [2.24, 2.45) is 0 Å². The Hall–Kier alpha value is -3.13. The molecule has 0 atom stereocenters. The fourth-order valence-corrected chi connectivity index (χ4v) is 3.58. The van der Waals surface area contributed by atoms with Crippen molar-refractivity contribution < 1.29 is 14.3 Å². The first-order valence-electron chi connectivity index (χ1n) is 8.96. The molecule has 2 aliphatic rings. The molecule has 4 heterocycles. The number of aromatic amines is 1. The minimum atomic E-state index is -0.0445. The van der Waals surface area contributed by atoms with Crippen LogP contribution in [0.1, 0.15) is 16.1 Å². The largest absolute Gasteiger partial charge is 0.454 e. The summed E-state index contributed by atoms with van der Waals surface area (Å²) in [5.41, 5.74) is 2.46. The van der Waals surface area contributed by atoms with Gasteiger partial charge in [0.05, 0.1) is 10.9 Å². The van der Waals surface area contributed by atoms with Crippen LogP contribution < -0.4 is 9.47 Å². The van der Waals surface area contributed by atoms with E-state index in [2.05, 4.69) is 26.1 Å². The van der Waals surface area contributed by atoms with Gasteiger partial charge in [-0.3, -0.25) is 19.8 Å². The molecule has 1 fully saturated rings. The molecule has 0 spiro atoms. The first-order valence-corrected chi connectivity index (χ1v) is 8.96. The van der Waals surface area contributed by atoms with E-state index in [9.17, 15) is 4.79 Å². The number of carbonyl (C=O) groups excluding carboxylic acids is 1. The highest BCUT2D eigenvalue weighted by molar-refractivity contribution is 6.04. The fourth-order valence-electron chi connectivity index (χ4n) is 3.58. The maximum Gasteiger partial charge on any atom is 0.275 e. The van der Waals surface area contributed by atoms with Crippen molar-refractivity contribution in [1.29, 1.82) is 0 Å². The summed E-state index contributed by atoms with van der Waals surface area (Å²) in [5.74, 6) is 1.56. The lowest BCUT2D eigenvalue weighted by Gasteiger charge is -2.34. The Balaban J connectivity index is 1.23. The second-order valence-corrected chi connectivity index (χ2v) is 6.75. The molecule has 5 rings (SSSR count). The molecule has 1 saturated heterocycles. The van der Waals surface area contributed by atoms with Crippen LogP contribution >= 0.6 is 0 Å². The summed E-state index contributed by atoms with van der Waals surface area (Å²) in [4.78, 5) is 21.1. The number of nitrogens with one attached hydrogen (secondary N) is 1. The summed E-state index contributed by atoms with van der Waals surface area (Å²) in [5, 5.41) is 7.86. The summed E-state index contributed by atoms with van der Waals surface area (Å²) >= 11 is 0. The van der Waals surface area contributed by atoms with Gasteiger partial charge in [-0.2, -0.15) is 5.10 Å². The summed E-state index contributed by atoms with van der Waals surface area (Å²) in [7, 11) is 0. The van der Waals surface area contributed by atoms with Gasteiger partial charge in [-0.05, 0) is 23.8 Å². The normalized spacial score (nSPS) is 16.8. The Labute approximate surface area is 155 Å². The highest BCUT2D eigenvalue weighted by Crippen LogP contribution is 2.32. The van der Waals surface area contributed by atoms with Gasteiger partial charge in [-0.15, -0.1) is 0 Å². The van der Waals surface area contributed by atoms with Gasteiger partial charge in [0.15, 0.2) is 17.2 Å². The maximum absolute atomic E-state index is 12.8. The Morgan fingerprint density at radius 3 is 2.85 bits per heavy atom. The van der Waals surface area contributed by atoms with Crippen molar-refractivity contribution >= 4 is 16.8 Å². The molecule has 1 aromatic carbocycles. The van der Waals surface area contributed by atoms with E-state index in [-0.39, 0.29) is 12.7 Å². The molecule has 0 radical (unpaired) electrons. The average Bonchev–Trinajstić information content (AvgIpc) is 3.34. The molecule has 1 amide bonds. The molecular formula is C19H19N5O3.